The molecule has 7 nitrogen and oxygen atoms in total. The van der Waals surface area contributed by atoms with E-state index >= 15 is 0 Å². The van der Waals surface area contributed by atoms with Crippen molar-refractivity contribution in [1.82, 2.24) is 10.2 Å². The van der Waals surface area contributed by atoms with Gasteiger partial charge in [-0.25, -0.2) is 0 Å². The van der Waals surface area contributed by atoms with E-state index in [1.807, 2.05) is 18.7 Å². The predicted octanol–water partition coefficient (Wildman–Crippen LogP) is 4.24. The lowest BCUT2D eigenvalue weighted by Crippen LogP contribution is -2.56. The van der Waals surface area contributed by atoms with Crippen LogP contribution < -0.4 is 5.32 Å². The Kier molecular flexibility index (Phi) is 6.00. The van der Waals surface area contributed by atoms with Crippen molar-refractivity contribution in [2.24, 2.45) is 52.8 Å². The maximum absolute atomic E-state index is 13.3. The van der Waals surface area contributed by atoms with Gasteiger partial charge in [0.15, 0.2) is 5.90 Å². The van der Waals surface area contributed by atoms with Crippen LogP contribution in [0.5, 0.6) is 0 Å². The highest BCUT2D eigenvalue weighted by molar-refractivity contribution is 8.02. The molecule has 7 aliphatic rings. The van der Waals surface area contributed by atoms with Crippen molar-refractivity contribution in [3.63, 3.8) is 0 Å². The second kappa shape index (κ2) is 8.97. The quantitative estimate of drug-likeness (QED) is 0.157. The number of nitrogens with one attached hydrogen (secondary N) is 2. The first-order valence-corrected chi connectivity index (χ1v) is 16.2. The molecule has 11 atom stereocenters. The number of hydrogen-bond donors (Lipinski definition) is 2. The molecule has 1 saturated heterocycles. The van der Waals surface area contributed by atoms with E-state index < -0.39 is 0 Å². The summed E-state index contributed by atoms with van der Waals surface area (Å²) in [7, 11) is 0. The zero-order chi connectivity index (χ0) is 26.4. The SMILES string of the molecule is CCCCCC(C)C(=N)OCCNC(=O)CCN1C(=O)CC(S[C@]23CC2CC2C4C5C6CCC6[C@@]54[C@@H]23)C1=O. The molecule has 6 aliphatic carbocycles. The van der Waals surface area contributed by atoms with E-state index in [-0.39, 0.29) is 59.1 Å². The van der Waals surface area contributed by atoms with E-state index in [9.17, 15) is 14.4 Å². The number of unbranched alkanes of at least 4 members (excludes halogenated alkanes) is 2. The van der Waals surface area contributed by atoms with Gasteiger partial charge in [0.25, 0.3) is 0 Å². The third kappa shape index (κ3) is 3.40. The summed E-state index contributed by atoms with van der Waals surface area (Å²) in [6, 6.07) is 0. The summed E-state index contributed by atoms with van der Waals surface area (Å²) in [4.78, 5) is 39.7. The van der Waals surface area contributed by atoms with Crippen LogP contribution in [0.3, 0.4) is 0 Å². The van der Waals surface area contributed by atoms with Gasteiger partial charge in [-0.3, -0.25) is 24.7 Å². The molecule has 0 aromatic rings. The van der Waals surface area contributed by atoms with E-state index in [1.165, 1.54) is 37.0 Å². The number of nitrogens with zero attached hydrogens (tertiary/aromatic N) is 1. The number of fused-ring (bicyclic) bond motifs is 7. The van der Waals surface area contributed by atoms with Gasteiger partial charge < -0.3 is 10.1 Å². The van der Waals surface area contributed by atoms with E-state index in [0.29, 0.717) is 18.4 Å². The van der Waals surface area contributed by atoms with Gasteiger partial charge in [0.2, 0.25) is 17.7 Å². The van der Waals surface area contributed by atoms with Crippen molar-refractivity contribution in [2.45, 2.75) is 88.1 Å². The molecule has 0 radical (unpaired) electrons. The highest BCUT2D eigenvalue weighted by Crippen LogP contribution is 3.01. The summed E-state index contributed by atoms with van der Waals surface area (Å²) in [5.41, 5.74) is 0.671. The summed E-state index contributed by atoms with van der Waals surface area (Å²) < 4.78 is 5.78. The van der Waals surface area contributed by atoms with Gasteiger partial charge in [0.1, 0.15) is 6.61 Å². The van der Waals surface area contributed by atoms with Gasteiger partial charge in [-0.05, 0) is 78.9 Å². The minimum Gasteiger partial charge on any atom is -0.479 e. The third-order valence-corrected chi connectivity index (χ3v) is 13.8. The van der Waals surface area contributed by atoms with Crippen LogP contribution in [0.25, 0.3) is 0 Å². The van der Waals surface area contributed by atoms with Crippen LogP contribution in [0, 0.1) is 58.2 Å². The van der Waals surface area contributed by atoms with Gasteiger partial charge in [0.05, 0.1) is 11.8 Å². The lowest BCUT2D eigenvalue weighted by atomic mass is 9.45. The summed E-state index contributed by atoms with van der Waals surface area (Å²) in [5.74, 6) is 6.60. The molecule has 3 amide bonds. The lowest BCUT2D eigenvalue weighted by Gasteiger charge is -2.60. The van der Waals surface area contributed by atoms with E-state index in [4.69, 9.17) is 10.1 Å². The molecule has 38 heavy (non-hydrogen) atoms. The number of ether oxygens (including phenoxy) is 1. The summed E-state index contributed by atoms with van der Waals surface area (Å²) in [6.07, 6.45) is 10.3. The van der Waals surface area contributed by atoms with Crippen molar-refractivity contribution in [2.75, 3.05) is 19.7 Å². The van der Waals surface area contributed by atoms with Crippen LogP contribution in [0.4, 0.5) is 0 Å². The molecule has 1 spiro atoms. The molecule has 0 bridgehead atoms. The van der Waals surface area contributed by atoms with Crippen molar-refractivity contribution in [3.8, 4) is 0 Å². The normalized spacial score (nSPS) is 44.8. The topological polar surface area (TPSA) is 99.6 Å². The van der Waals surface area contributed by atoms with E-state index in [2.05, 4.69) is 12.2 Å². The van der Waals surface area contributed by atoms with E-state index in [0.717, 1.165) is 60.7 Å². The van der Waals surface area contributed by atoms with Crippen LogP contribution in [-0.4, -0.2) is 58.2 Å². The van der Waals surface area contributed by atoms with Gasteiger partial charge in [0, 0.05) is 30.1 Å². The van der Waals surface area contributed by atoms with Crippen molar-refractivity contribution < 1.29 is 19.1 Å². The minimum absolute atomic E-state index is 0.0685. The number of hydrogen-bond acceptors (Lipinski definition) is 6. The standard InChI is InChI=1S/C30H43N3O4S/c1-3-4-5-6-16(2)27(31)37-12-10-32-22(34)9-11-33-23(35)14-21(28(33)36)38-29-15-17(29)13-19-25-24-18-7-8-20(18)30(24,25)26(19)29/h16-21,24-26,31H,3-15H2,1-2H3,(H,32,34)/t16?,17?,18?,19?,20?,21?,24?,25?,26-,29+,30+/m0/s1. The second-order valence-electron chi connectivity index (χ2n) is 13.5. The van der Waals surface area contributed by atoms with Crippen LogP contribution in [-0.2, 0) is 19.1 Å². The molecule has 6 saturated carbocycles. The molecular formula is C30H43N3O4S. The van der Waals surface area contributed by atoms with Crippen molar-refractivity contribution >= 4 is 35.4 Å². The number of thioether (sulfide) groups is 1. The van der Waals surface area contributed by atoms with Gasteiger partial charge in [-0.15, -0.1) is 11.8 Å². The molecule has 1 heterocycles. The molecule has 208 valence electrons. The Morgan fingerprint density at radius 1 is 1.24 bits per heavy atom. The van der Waals surface area contributed by atoms with Crippen LogP contribution in [0.1, 0.15) is 78.1 Å². The fraction of sp³-hybridized carbons (Fsp3) is 0.867. The summed E-state index contributed by atoms with van der Waals surface area (Å²) in [5, 5.41) is 10.6. The molecule has 2 N–H and O–H groups in total. The summed E-state index contributed by atoms with van der Waals surface area (Å²) >= 11 is 1.87. The zero-order valence-corrected chi connectivity index (χ0v) is 23.7. The summed E-state index contributed by atoms with van der Waals surface area (Å²) in [6.45, 7) is 4.91. The number of likely N-dealkylation sites (tertiary alicyclic amines) is 1. The first-order valence-electron chi connectivity index (χ1n) is 15.3. The lowest BCUT2D eigenvalue weighted by molar-refractivity contribution is -0.138. The fourth-order valence-corrected chi connectivity index (χ4v) is 12.4. The maximum atomic E-state index is 13.3. The molecule has 0 aromatic carbocycles. The van der Waals surface area contributed by atoms with Crippen LogP contribution in [0.2, 0.25) is 0 Å². The second-order valence-corrected chi connectivity index (χ2v) is 15.1. The number of carbonyl (C=O) groups is 3. The number of amides is 3. The molecular weight excluding hydrogens is 498 g/mol. The molecule has 8 heteroatoms. The minimum atomic E-state index is -0.252. The smallest absolute Gasteiger partial charge is 0.242 e. The van der Waals surface area contributed by atoms with Crippen molar-refractivity contribution in [1.29, 1.82) is 5.41 Å². The Balaban J connectivity index is 0.844. The Hall–Kier alpha value is -1.57. The molecule has 1 aliphatic heterocycles. The highest BCUT2D eigenvalue weighted by atomic mass is 32.2. The Labute approximate surface area is 230 Å². The monoisotopic (exact) mass is 541 g/mol. The first kappa shape index (κ1) is 25.4. The fourth-order valence-electron chi connectivity index (χ4n) is 10.3. The zero-order valence-electron chi connectivity index (χ0n) is 22.9. The number of imide groups is 1. The average Bonchev–Trinajstić information content (AvgIpc) is 3.59. The third-order valence-electron chi connectivity index (χ3n) is 12.0. The largest absolute Gasteiger partial charge is 0.479 e. The van der Waals surface area contributed by atoms with Gasteiger partial charge in [-0.2, -0.15) is 0 Å². The molecule has 7 rings (SSSR count). The van der Waals surface area contributed by atoms with Crippen LogP contribution >= 0.6 is 11.8 Å². The molecule has 7 fully saturated rings. The van der Waals surface area contributed by atoms with Gasteiger partial charge >= 0.3 is 0 Å². The Morgan fingerprint density at radius 3 is 2.82 bits per heavy atom. The number of carbonyl (C=O) groups excluding carboxylic acids is 3. The predicted molar refractivity (Wildman–Crippen MR) is 145 cm³/mol. The average molecular weight is 542 g/mol. The molecule has 8 unspecified atom stereocenters. The Bertz CT molecular complexity index is 1070. The van der Waals surface area contributed by atoms with Crippen LogP contribution in [0.15, 0.2) is 0 Å². The van der Waals surface area contributed by atoms with E-state index in [1.54, 1.807) is 0 Å². The van der Waals surface area contributed by atoms with Gasteiger partial charge in [-0.1, -0.05) is 33.1 Å². The Morgan fingerprint density at radius 2 is 2.05 bits per heavy atom. The maximum Gasteiger partial charge on any atom is 0.242 e. The highest BCUT2D eigenvalue weighted by Gasteiger charge is 2.98. The molecule has 0 aromatic heterocycles. The van der Waals surface area contributed by atoms with Crippen molar-refractivity contribution in [3.05, 3.63) is 0 Å². The first-order chi connectivity index (χ1) is 18.3. The number of rotatable bonds is 13.